The molecule has 2 aromatic rings. The largest absolute Gasteiger partial charge is 0.247 e. The molecule has 0 aromatic heterocycles. The van der Waals surface area contributed by atoms with E-state index in [9.17, 15) is 13.2 Å². The van der Waals surface area contributed by atoms with Crippen molar-refractivity contribution in [3.63, 3.8) is 0 Å². The molecular formula is C24H24F3N. The number of rotatable bonds is 6. The Kier molecular flexibility index (Phi) is 6.92. The number of nitrogens with zero attached hydrogens (tertiary/aromatic N) is 1. The van der Waals surface area contributed by atoms with Crippen LogP contribution in [0, 0.1) is 28.9 Å². The van der Waals surface area contributed by atoms with Crippen LogP contribution in [-0.4, -0.2) is 6.67 Å². The zero-order chi connectivity index (χ0) is 19.9. The summed E-state index contributed by atoms with van der Waals surface area (Å²) in [6.45, 7) is -0.384. The second kappa shape index (κ2) is 9.59. The van der Waals surface area contributed by atoms with Crippen molar-refractivity contribution in [2.75, 3.05) is 6.67 Å². The SMILES string of the molecule is N#Cc1c(F)cc(-c2ccc([C@H]3CC[C@H](CCC=CCF)CC3)cc2)cc1F. The quantitative estimate of drug-likeness (QED) is 0.489. The van der Waals surface area contributed by atoms with Crippen LogP contribution >= 0.6 is 0 Å². The van der Waals surface area contributed by atoms with Crippen molar-refractivity contribution in [3.8, 4) is 17.2 Å². The Morgan fingerprint density at radius 1 is 0.929 bits per heavy atom. The number of hydrogen-bond donors (Lipinski definition) is 0. The summed E-state index contributed by atoms with van der Waals surface area (Å²) < 4.78 is 39.8. The van der Waals surface area contributed by atoms with Crippen LogP contribution in [0.15, 0.2) is 48.6 Å². The second-order valence-corrected chi connectivity index (χ2v) is 7.47. The van der Waals surface area contributed by atoms with Crippen LogP contribution in [-0.2, 0) is 0 Å². The Bertz CT molecular complexity index is 833. The molecule has 1 fully saturated rings. The van der Waals surface area contributed by atoms with Crippen LogP contribution in [0.3, 0.4) is 0 Å². The summed E-state index contributed by atoms with van der Waals surface area (Å²) in [5.41, 5.74) is 1.89. The van der Waals surface area contributed by atoms with Crippen molar-refractivity contribution in [2.24, 2.45) is 5.92 Å². The van der Waals surface area contributed by atoms with Gasteiger partial charge in [0.1, 0.15) is 29.9 Å². The van der Waals surface area contributed by atoms with E-state index in [1.54, 1.807) is 12.1 Å². The van der Waals surface area contributed by atoms with E-state index < -0.39 is 17.2 Å². The Morgan fingerprint density at radius 2 is 1.57 bits per heavy atom. The predicted octanol–water partition coefficient (Wildman–Crippen LogP) is 7.08. The van der Waals surface area contributed by atoms with Gasteiger partial charge in [-0.2, -0.15) is 5.26 Å². The predicted molar refractivity (Wildman–Crippen MR) is 106 cm³/mol. The molecule has 0 spiro atoms. The molecule has 0 saturated heterocycles. The summed E-state index contributed by atoms with van der Waals surface area (Å²) in [6, 6.07) is 11.8. The smallest absolute Gasteiger partial charge is 0.144 e. The first-order valence-corrected chi connectivity index (χ1v) is 9.82. The molecule has 0 aliphatic heterocycles. The van der Waals surface area contributed by atoms with Gasteiger partial charge in [0.05, 0.1) is 0 Å². The third kappa shape index (κ3) is 4.84. The van der Waals surface area contributed by atoms with E-state index in [-0.39, 0.29) is 6.67 Å². The Morgan fingerprint density at radius 3 is 2.14 bits per heavy atom. The van der Waals surface area contributed by atoms with Gasteiger partial charge in [-0.1, -0.05) is 36.4 Å². The first kappa shape index (κ1) is 20.2. The van der Waals surface area contributed by atoms with Gasteiger partial charge in [0.25, 0.3) is 0 Å². The lowest BCUT2D eigenvalue weighted by Crippen LogP contribution is -2.13. The fourth-order valence-corrected chi connectivity index (χ4v) is 4.09. The first-order chi connectivity index (χ1) is 13.6. The molecule has 0 N–H and O–H groups in total. The van der Waals surface area contributed by atoms with E-state index in [2.05, 4.69) is 0 Å². The number of nitriles is 1. The molecule has 146 valence electrons. The molecule has 0 amide bonds. The van der Waals surface area contributed by atoms with E-state index >= 15 is 0 Å². The Hall–Kier alpha value is -2.54. The fraction of sp³-hybridized carbons (Fsp3) is 0.375. The molecule has 1 saturated carbocycles. The van der Waals surface area contributed by atoms with Crippen molar-refractivity contribution >= 4 is 0 Å². The van der Waals surface area contributed by atoms with E-state index in [0.717, 1.165) is 31.2 Å². The van der Waals surface area contributed by atoms with Gasteiger partial charge in [-0.15, -0.1) is 0 Å². The standard InChI is InChI=1S/C24H24F3N/c25-13-3-1-2-4-17-5-7-18(8-6-17)19-9-11-20(12-10-19)21-14-23(26)22(16-28)24(27)15-21/h1,3,9-12,14-15,17-18H,2,4-8,13H2/t17-,18-. The summed E-state index contributed by atoms with van der Waals surface area (Å²) in [5, 5.41) is 8.78. The normalized spacial score (nSPS) is 19.6. The minimum atomic E-state index is -0.832. The number of halogens is 3. The van der Waals surface area contributed by atoms with Crippen LogP contribution in [0.4, 0.5) is 13.2 Å². The maximum absolute atomic E-state index is 13.8. The van der Waals surface area contributed by atoms with Crippen molar-refractivity contribution in [3.05, 3.63) is 71.3 Å². The van der Waals surface area contributed by atoms with E-state index in [1.807, 2.05) is 30.3 Å². The number of allylic oxidation sites excluding steroid dienone is 2. The van der Waals surface area contributed by atoms with Crippen LogP contribution in [0.25, 0.3) is 11.1 Å². The average Bonchev–Trinajstić information content (AvgIpc) is 2.72. The highest BCUT2D eigenvalue weighted by molar-refractivity contribution is 5.65. The minimum absolute atomic E-state index is 0.384. The van der Waals surface area contributed by atoms with Crippen molar-refractivity contribution in [2.45, 2.75) is 44.4 Å². The van der Waals surface area contributed by atoms with Gasteiger partial charge in [-0.25, -0.2) is 13.2 Å². The topological polar surface area (TPSA) is 23.8 Å². The molecule has 0 atom stereocenters. The lowest BCUT2D eigenvalue weighted by molar-refractivity contribution is 0.312. The highest BCUT2D eigenvalue weighted by atomic mass is 19.1. The maximum Gasteiger partial charge on any atom is 0.144 e. The van der Waals surface area contributed by atoms with Gasteiger partial charge in [-0.3, -0.25) is 0 Å². The highest BCUT2D eigenvalue weighted by Gasteiger charge is 2.22. The van der Waals surface area contributed by atoms with Crippen LogP contribution < -0.4 is 0 Å². The Labute approximate surface area is 164 Å². The maximum atomic E-state index is 13.8. The molecule has 0 unspecified atom stereocenters. The monoisotopic (exact) mass is 383 g/mol. The number of hydrogen-bond acceptors (Lipinski definition) is 1. The van der Waals surface area contributed by atoms with Crippen LogP contribution in [0.5, 0.6) is 0 Å². The number of alkyl halides is 1. The van der Waals surface area contributed by atoms with Gasteiger partial charge in [0, 0.05) is 0 Å². The number of benzene rings is 2. The molecule has 0 heterocycles. The molecule has 0 radical (unpaired) electrons. The molecule has 28 heavy (non-hydrogen) atoms. The summed E-state index contributed by atoms with van der Waals surface area (Å²) in [5.74, 6) is -0.437. The second-order valence-electron chi connectivity index (χ2n) is 7.47. The molecule has 1 nitrogen and oxygen atoms in total. The third-order valence-corrected chi connectivity index (χ3v) is 5.71. The molecule has 0 bridgehead atoms. The summed E-state index contributed by atoms with van der Waals surface area (Å²) in [4.78, 5) is 0. The lowest BCUT2D eigenvalue weighted by atomic mass is 9.77. The van der Waals surface area contributed by atoms with Crippen LogP contribution in [0.1, 0.15) is 55.6 Å². The van der Waals surface area contributed by atoms with Gasteiger partial charge in [-0.05, 0) is 79.2 Å². The van der Waals surface area contributed by atoms with Crippen molar-refractivity contribution in [1.82, 2.24) is 0 Å². The molecular weight excluding hydrogens is 359 g/mol. The van der Waals surface area contributed by atoms with E-state index in [4.69, 9.17) is 5.26 Å². The summed E-state index contributed by atoms with van der Waals surface area (Å²) in [7, 11) is 0. The lowest BCUT2D eigenvalue weighted by Gasteiger charge is -2.28. The van der Waals surface area contributed by atoms with Crippen LogP contribution in [0.2, 0.25) is 0 Å². The third-order valence-electron chi connectivity index (χ3n) is 5.71. The van der Waals surface area contributed by atoms with Crippen molar-refractivity contribution < 1.29 is 13.2 Å². The molecule has 1 aliphatic carbocycles. The highest BCUT2D eigenvalue weighted by Crippen LogP contribution is 2.38. The van der Waals surface area contributed by atoms with Gasteiger partial charge < -0.3 is 0 Å². The molecule has 2 aromatic carbocycles. The van der Waals surface area contributed by atoms with E-state index in [1.165, 1.54) is 30.5 Å². The molecule has 4 heteroatoms. The van der Waals surface area contributed by atoms with Crippen molar-refractivity contribution in [1.29, 1.82) is 5.26 Å². The van der Waals surface area contributed by atoms with Gasteiger partial charge in [0.15, 0.2) is 0 Å². The molecule has 3 rings (SSSR count). The van der Waals surface area contributed by atoms with Gasteiger partial charge >= 0.3 is 0 Å². The van der Waals surface area contributed by atoms with Gasteiger partial charge in [0.2, 0.25) is 0 Å². The summed E-state index contributed by atoms with van der Waals surface area (Å²) >= 11 is 0. The fourth-order valence-electron chi connectivity index (χ4n) is 4.09. The average molecular weight is 383 g/mol. The molecule has 1 aliphatic rings. The minimum Gasteiger partial charge on any atom is -0.247 e. The van der Waals surface area contributed by atoms with E-state index in [0.29, 0.717) is 17.4 Å². The Balaban J connectivity index is 1.61. The summed E-state index contributed by atoms with van der Waals surface area (Å²) in [6.07, 6.45) is 10.2. The zero-order valence-electron chi connectivity index (χ0n) is 15.8. The zero-order valence-corrected chi connectivity index (χ0v) is 15.8. The first-order valence-electron chi connectivity index (χ1n) is 9.82.